The average Bonchev–Trinajstić information content (AvgIpc) is 2.97. The second-order valence-electron chi connectivity index (χ2n) is 6.38. The molecule has 1 aliphatic rings. The molecule has 118 valence electrons. The Morgan fingerprint density at radius 2 is 1.95 bits per heavy atom. The molecule has 1 N–H and O–H groups in total. The third-order valence-corrected chi connectivity index (χ3v) is 4.85. The van der Waals surface area contributed by atoms with Crippen LogP contribution in [0.2, 0.25) is 0 Å². The van der Waals surface area contributed by atoms with Gasteiger partial charge in [0.05, 0.1) is 18.0 Å². The highest BCUT2D eigenvalue weighted by atomic mass is 16.3. The number of aliphatic hydroxyl groups is 1. The summed E-state index contributed by atoms with van der Waals surface area (Å²) < 4.78 is 1.92. The van der Waals surface area contributed by atoms with E-state index in [0.717, 1.165) is 29.4 Å². The third kappa shape index (κ3) is 3.22. The molecule has 1 aromatic carbocycles. The van der Waals surface area contributed by atoms with Gasteiger partial charge in [0.1, 0.15) is 5.69 Å². The Hall–Kier alpha value is -1.68. The number of aliphatic hydroxyl groups excluding tert-OH is 1. The molecule has 4 nitrogen and oxygen atoms in total. The molecule has 4 heteroatoms. The second kappa shape index (κ2) is 7.05. The van der Waals surface area contributed by atoms with Crippen LogP contribution in [0.25, 0.3) is 5.69 Å². The molecule has 1 saturated carbocycles. The standard InChI is InChI=1S/C18H25N3O/c1-14-7-5-6-10-17(14)21-18(16(13-22)19-20-21)12-11-15-8-3-2-4-9-15/h5-7,10,15,22H,2-4,8-9,11-13H2,1H3. The molecule has 2 aromatic rings. The Morgan fingerprint density at radius 1 is 1.18 bits per heavy atom. The molecular formula is C18H25N3O. The van der Waals surface area contributed by atoms with Gasteiger partial charge in [-0.25, -0.2) is 4.68 Å². The van der Waals surface area contributed by atoms with E-state index >= 15 is 0 Å². The van der Waals surface area contributed by atoms with Crippen molar-refractivity contribution in [1.82, 2.24) is 15.0 Å². The van der Waals surface area contributed by atoms with Crippen LogP contribution in [0.15, 0.2) is 24.3 Å². The summed E-state index contributed by atoms with van der Waals surface area (Å²) >= 11 is 0. The Balaban J connectivity index is 1.82. The summed E-state index contributed by atoms with van der Waals surface area (Å²) in [6, 6.07) is 8.20. The Labute approximate surface area is 132 Å². The SMILES string of the molecule is Cc1ccccc1-n1nnc(CO)c1CCC1CCCCC1. The van der Waals surface area contributed by atoms with Crippen LogP contribution in [-0.2, 0) is 13.0 Å². The number of benzene rings is 1. The summed E-state index contributed by atoms with van der Waals surface area (Å²) in [7, 11) is 0. The molecule has 0 bridgehead atoms. The van der Waals surface area contributed by atoms with Crippen LogP contribution in [0.1, 0.15) is 55.5 Å². The highest BCUT2D eigenvalue weighted by Gasteiger charge is 2.18. The van der Waals surface area contributed by atoms with Crippen molar-refractivity contribution in [1.29, 1.82) is 0 Å². The zero-order chi connectivity index (χ0) is 15.4. The van der Waals surface area contributed by atoms with Crippen molar-refractivity contribution in [3.05, 3.63) is 41.2 Å². The second-order valence-corrected chi connectivity index (χ2v) is 6.38. The zero-order valence-corrected chi connectivity index (χ0v) is 13.3. The molecule has 0 amide bonds. The van der Waals surface area contributed by atoms with E-state index in [4.69, 9.17) is 0 Å². The summed E-state index contributed by atoms with van der Waals surface area (Å²) in [5.41, 5.74) is 4.03. The van der Waals surface area contributed by atoms with Gasteiger partial charge in [-0.1, -0.05) is 55.5 Å². The number of aryl methyl sites for hydroxylation is 1. The Kier molecular flexibility index (Phi) is 4.88. The predicted octanol–water partition coefficient (Wildman–Crippen LogP) is 3.58. The van der Waals surface area contributed by atoms with Crippen molar-refractivity contribution in [2.75, 3.05) is 0 Å². The lowest BCUT2D eigenvalue weighted by Crippen LogP contribution is -2.11. The molecule has 0 spiro atoms. The lowest BCUT2D eigenvalue weighted by atomic mass is 9.85. The summed E-state index contributed by atoms with van der Waals surface area (Å²) in [6.45, 7) is 2.05. The predicted molar refractivity (Wildman–Crippen MR) is 86.9 cm³/mol. The van der Waals surface area contributed by atoms with Gasteiger partial charge in [0.15, 0.2) is 0 Å². The Bertz CT molecular complexity index is 615. The first-order chi connectivity index (χ1) is 10.8. The Morgan fingerprint density at radius 3 is 2.68 bits per heavy atom. The minimum Gasteiger partial charge on any atom is -0.390 e. The van der Waals surface area contributed by atoms with Gasteiger partial charge in [-0.15, -0.1) is 5.10 Å². The van der Waals surface area contributed by atoms with Gasteiger partial charge in [-0.05, 0) is 37.3 Å². The van der Waals surface area contributed by atoms with Crippen LogP contribution < -0.4 is 0 Å². The first-order valence-electron chi connectivity index (χ1n) is 8.40. The van der Waals surface area contributed by atoms with Crippen molar-refractivity contribution in [3.63, 3.8) is 0 Å². The fourth-order valence-corrected chi connectivity index (χ4v) is 3.52. The van der Waals surface area contributed by atoms with Crippen LogP contribution in [0, 0.1) is 12.8 Å². The van der Waals surface area contributed by atoms with Crippen molar-refractivity contribution in [2.45, 2.75) is 58.5 Å². The van der Waals surface area contributed by atoms with Crippen molar-refractivity contribution in [2.24, 2.45) is 5.92 Å². The molecule has 3 rings (SSSR count). The third-order valence-electron chi connectivity index (χ3n) is 4.85. The van der Waals surface area contributed by atoms with E-state index in [1.807, 2.05) is 16.8 Å². The number of nitrogens with zero attached hydrogens (tertiary/aromatic N) is 3. The maximum absolute atomic E-state index is 9.57. The van der Waals surface area contributed by atoms with E-state index in [1.54, 1.807) is 0 Å². The minimum atomic E-state index is -0.0358. The number of rotatable bonds is 5. The smallest absolute Gasteiger partial charge is 0.112 e. The number of aromatic nitrogens is 3. The quantitative estimate of drug-likeness (QED) is 0.918. The molecule has 0 aliphatic heterocycles. The summed E-state index contributed by atoms with van der Waals surface area (Å²) in [5.74, 6) is 0.820. The van der Waals surface area contributed by atoms with Crippen molar-refractivity contribution >= 4 is 0 Å². The molecule has 1 heterocycles. The van der Waals surface area contributed by atoms with Gasteiger partial charge >= 0.3 is 0 Å². The van der Waals surface area contributed by atoms with Gasteiger partial charge in [0.2, 0.25) is 0 Å². The molecule has 0 atom stereocenters. The van der Waals surface area contributed by atoms with E-state index in [-0.39, 0.29) is 6.61 Å². The highest BCUT2D eigenvalue weighted by molar-refractivity contribution is 5.40. The largest absolute Gasteiger partial charge is 0.390 e. The normalized spacial score (nSPS) is 16.1. The molecule has 0 unspecified atom stereocenters. The first-order valence-corrected chi connectivity index (χ1v) is 8.40. The summed E-state index contributed by atoms with van der Waals surface area (Å²) in [6.07, 6.45) is 8.94. The molecule has 0 radical (unpaired) electrons. The lowest BCUT2D eigenvalue weighted by Gasteiger charge is -2.21. The summed E-state index contributed by atoms with van der Waals surface area (Å²) in [5, 5.41) is 18.0. The van der Waals surface area contributed by atoms with Crippen molar-refractivity contribution < 1.29 is 5.11 Å². The van der Waals surface area contributed by atoms with Crippen LogP contribution >= 0.6 is 0 Å². The average molecular weight is 299 g/mol. The zero-order valence-electron chi connectivity index (χ0n) is 13.3. The molecular weight excluding hydrogens is 274 g/mol. The maximum Gasteiger partial charge on any atom is 0.112 e. The minimum absolute atomic E-state index is 0.0358. The molecule has 1 aromatic heterocycles. The highest BCUT2D eigenvalue weighted by Crippen LogP contribution is 2.28. The van der Waals surface area contributed by atoms with Crippen LogP contribution in [-0.4, -0.2) is 20.1 Å². The van der Waals surface area contributed by atoms with E-state index in [0.29, 0.717) is 0 Å². The maximum atomic E-state index is 9.57. The van der Waals surface area contributed by atoms with Gasteiger partial charge in [0.25, 0.3) is 0 Å². The molecule has 22 heavy (non-hydrogen) atoms. The van der Waals surface area contributed by atoms with E-state index in [2.05, 4.69) is 29.4 Å². The van der Waals surface area contributed by atoms with Gasteiger partial charge < -0.3 is 5.11 Å². The van der Waals surface area contributed by atoms with E-state index < -0.39 is 0 Å². The monoisotopic (exact) mass is 299 g/mol. The topological polar surface area (TPSA) is 50.9 Å². The van der Waals surface area contributed by atoms with E-state index in [1.165, 1.54) is 44.1 Å². The molecule has 0 saturated heterocycles. The summed E-state index contributed by atoms with van der Waals surface area (Å²) in [4.78, 5) is 0. The number of hydrogen-bond acceptors (Lipinski definition) is 3. The number of para-hydroxylation sites is 1. The first kappa shape index (κ1) is 15.2. The van der Waals surface area contributed by atoms with Gasteiger partial charge in [0, 0.05) is 0 Å². The fraction of sp³-hybridized carbons (Fsp3) is 0.556. The number of hydrogen-bond donors (Lipinski definition) is 1. The lowest BCUT2D eigenvalue weighted by molar-refractivity contribution is 0.274. The van der Waals surface area contributed by atoms with Crippen molar-refractivity contribution in [3.8, 4) is 5.69 Å². The van der Waals surface area contributed by atoms with Gasteiger partial charge in [-0.2, -0.15) is 0 Å². The van der Waals surface area contributed by atoms with Crippen LogP contribution in [0.4, 0.5) is 0 Å². The molecule has 1 fully saturated rings. The van der Waals surface area contributed by atoms with Crippen LogP contribution in [0.3, 0.4) is 0 Å². The molecule has 1 aliphatic carbocycles. The van der Waals surface area contributed by atoms with Crippen LogP contribution in [0.5, 0.6) is 0 Å². The fourth-order valence-electron chi connectivity index (χ4n) is 3.52. The van der Waals surface area contributed by atoms with E-state index in [9.17, 15) is 5.11 Å². The van der Waals surface area contributed by atoms with Gasteiger partial charge in [-0.3, -0.25) is 0 Å².